The van der Waals surface area contributed by atoms with E-state index in [1.165, 1.54) is 5.56 Å². The van der Waals surface area contributed by atoms with Crippen LogP contribution in [0.1, 0.15) is 12.5 Å². The molecule has 0 bridgehead atoms. The standard InChI is InChI=1S/C9H8Br2O/c1-5-2-6-3-7(10)8(11)4-9(6)12-5/h3-5H,2H2,1H3. The van der Waals surface area contributed by atoms with Crippen molar-refractivity contribution in [2.45, 2.75) is 19.4 Å². The van der Waals surface area contributed by atoms with Gasteiger partial charge in [0.1, 0.15) is 11.9 Å². The first kappa shape index (κ1) is 8.57. The number of rotatable bonds is 0. The molecule has 1 nitrogen and oxygen atoms in total. The molecular formula is C9H8Br2O. The van der Waals surface area contributed by atoms with Crippen molar-refractivity contribution in [3.05, 3.63) is 26.6 Å². The monoisotopic (exact) mass is 290 g/mol. The fraction of sp³-hybridized carbons (Fsp3) is 0.333. The molecule has 3 heteroatoms. The van der Waals surface area contributed by atoms with Crippen LogP contribution >= 0.6 is 31.9 Å². The van der Waals surface area contributed by atoms with Gasteiger partial charge in [-0.2, -0.15) is 0 Å². The summed E-state index contributed by atoms with van der Waals surface area (Å²) in [4.78, 5) is 0. The van der Waals surface area contributed by atoms with Gasteiger partial charge in [-0.05, 0) is 56.5 Å². The fourth-order valence-electron chi connectivity index (χ4n) is 1.41. The van der Waals surface area contributed by atoms with Crippen LogP contribution in [0.25, 0.3) is 0 Å². The third-order valence-electron chi connectivity index (χ3n) is 1.94. The van der Waals surface area contributed by atoms with Crippen LogP contribution in [0.15, 0.2) is 21.1 Å². The average Bonchev–Trinajstić information content (AvgIpc) is 2.30. The van der Waals surface area contributed by atoms with Crippen molar-refractivity contribution in [2.75, 3.05) is 0 Å². The lowest BCUT2D eigenvalue weighted by atomic mass is 10.1. The zero-order chi connectivity index (χ0) is 8.72. The van der Waals surface area contributed by atoms with E-state index in [9.17, 15) is 0 Å². The molecule has 0 aromatic heterocycles. The van der Waals surface area contributed by atoms with E-state index in [2.05, 4.69) is 44.8 Å². The molecule has 0 spiro atoms. The number of benzene rings is 1. The number of hydrogen-bond donors (Lipinski definition) is 0. The van der Waals surface area contributed by atoms with E-state index in [-0.39, 0.29) is 0 Å². The molecule has 1 aliphatic rings. The van der Waals surface area contributed by atoms with Gasteiger partial charge in [0.15, 0.2) is 0 Å². The van der Waals surface area contributed by atoms with Crippen molar-refractivity contribution >= 4 is 31.9 Å². The van der Waals surface area contributed by atoms with Crippen molar-refractivity contribution in [1.29, 1.82) is 0 Å². The molecule has 0 N–H and O–H groups in total. The smallest absolute Gasteiger partial charge is 0.124 e. The fourth-order valence-corrected chi connectivity index (χ4v) is 2.12. The minimum absolute atomic E-state index is 0.321. The zero-order valence-corrected chi connectivity index (χ0v) is 9.78. The quantitative estimate of drug-likeness (QED) is 0.710. The molecule has 0 saturated heterocycles. The van der Waals surface area contributed by atoms with E-state index < -0.39 is 0 Å². The van der Waals surface area contributed by atoms with Crippen LogP contribution in [0.4, 0.5) is 0 Å². The van der Waals surface area contributed by atoms with Crippen molar-refractivity contribution in [3.63, 3.8) is 0 Å². The number of hydrogen-bond acceptors (Lipinski definition) is 1. The lowest BCUT2D eigenvalue weighted by Gasteiger charge is -2.02. The molecule has 0 fully saturated rings. The van der Waals surface area contributed by atoms with Gasteiger partial charge in [-0.15, -0.1) is 0 Å². The van der Waals surface area contributed by atoms with Crippen LogP contribution < -0.4 is 4.74 Å². The number of fused-ring (bicyclic) bond motifs is 1. The third kappa shape index (κ3) is 1.40. The van der Waals surface area contributed by atoms with Crippen LogP contribution in [0.5, 0.6) is 5.75 Å². The SMILES string of the molecule is CC1Cc2cc(Br)c(Br)cc2O1. The highest BCUT2D eigenvalue weighted by atomic mass is 79.9. The molecule has 64 valence electrons. The molecule has 1 heterocycles. The number of ether oxygens (including phenoxy) is 1. The van der Waals surface area contributed by atoms with Gasteiger partial charge >= 0.3 is 0 Å². The third-order valence-corrected chi connectivity index (χ3v) is 3.78. The van der Waals surface area contributed by atoms with Crippen LogP contribution in [0, 0.1) is 0 Å². The van der Waals surface area contributed by atoms with Gasteiger partial charge in [0, 0.05) is 15.4 Å². The highest BCUT2D eigenvalue weighted by Gasteiger charge is 2.19. The first-order valence-corrected chi connectivity index (χ1v) is 5.40. The van der Waals surface area contributed by atoms with Crippen molar-refractivity contribution in [3.8, 4) is 5.75 Å². The average molecular weight is 292 g/mol. The molecule has 1 aromatic rings. The maximum absolute atomic E-state index is 5.59. The highest BCUT2D eigenvalue weighted by Crippen LogP contribution is 2.36. The first-order valence-electron chi connectivity index (χ1n) is 3.81. The maximum atomic E-state index is 5.59. The predicted molar refractivity (Wildman–Crippen MR) is 55.6 cm³/mol. The summed E-state index contributed by atoms with van der Waals surface area (Å²) in [6.45, 7) is 2.09. The Morgan fingerprint density at radius 1 is 1.33 bits per heavy atom. The molecule has 0 radical (unpaired) electrons. The van der Waals surface area contributed by atoms with E-state index in [1.54, 1.807) is 0 Å². The van der Waals surface area contributed by atoms with E-state index in [4.69, 9.17) is 4.74 Å². The van der Waals surface area contributed by atoms with Crippen LogP contribution in [-0.4, -0.2) is 6.10 Å². The Bertz CT molecular complexity index is 292. The molecule has 2 rings (SSSR count). The molecule has 1 unspecified atom stereocenters. The second kappa shape index (κ2) is 3.04. The predicted octanol–water partition coefficient (Wildman–Crippen LogP) is 3.54. The summed E-state index contributed by atoms with van der Waals surface area (Å²) in [5, 5.41) is 0. The molecular weight excluding hydrogens is 284 g/mol. The van der Waals surface area contributed by atoms with Crippen molar-refractivity contribution in [1.82, 2.24) is 0 Å². The maximum Gasteiger partial charge on any atom is 0.124 e. The lowest BCUT2D eigenvalue weighted by molar-refractivity contribution is 0.254. The normalized spacial score (nSPS) is 20.4. The highest BCUT2D eigenvalue weighted by molar-refractivity contribution is 9.13. The molecule has 12 heavy (non-hydrogen) atoms. The Balaban J connectivity index is 2.48. The van der Waals surface area contributed by atoms with Gasteiger partial charge in [-0.1, -0.05) is 0 Å². The zero-order valence-electron chi connectivity index (χ0n) is 6.60. The van der Waals surface area contributed by atoms with Gasteiger partial charge in [0.05, 0.1) is 0 Å². The molecule has 0 saturated carbocycles. The Hall–Kier alpha value is -0.0200. The van der Waals surface area contributed by atoms with Crippen molar-refractivity contribution < 1.29 is 4.74 Å². The number of halogens is 2. The van der Waals surface area contributed by atoms with Crippen molar-refractivity contribution in [2.24, 2.45) is 0 Å². The van der Waals surface area contributed by atoms with E-state index in [1.807, 2.05) is 6.07 Å². The second-order valence-electron chi connectivity index (χ2n) is 3.01. The Kier molecular flexibility index (Phi) is 2.17. The van der Waals surface area contributed by atoms with Crippen LogP contribution in [0.3, 0.4) is 0 Å². The minimum atomic E-state index is 0.321. The van der Waals surface area contributed by atoms with Gasteiger partial charge in [-0.3, -0.25) is 0 Å². The Morgan fingerprint density at radius 3 is 2.75 bits per heavy atom. The second-order valence-corrected chi connectivity index (χ2v) is 4.72. The summed E-state index contributed by atoms with van der Waals surface area (Å²) in [5.74, 6) is 1.01. The summed E-state index contributed by atoms with van der Waals surface area (Å²) < 4.78 is 7.74. The van der Waals surface area contributed by atoms with E-state index >= 15 is 0 Å². The molecule has 0 amide bonds. The summed E-state index contributed by atoms with van der Waals surface area (Å²) in [7, 11) is 0. The molecule has 1 aromatic carbocycles. The van der Waals surface area contributed by atoms with Gasteiger partial charge in [0.2, 0.25) is 0 Å². The Labute approximate surface area is 88.4 Å². The van der Waals surface area contributed by atoms with Gasteiger partial charge < -0.3 is 4.74 Å². The summed E-state index contributed by atoms with van der Waals surface area (Å²) in [5.41, 5.74) is 1.29. The van der Waals surface area contributed by atoms with Crippen LogP contribution in [-0.2, 0) is 6.42 Å². The largest absolute Gasteiger partial charge is 0.490 e. The summed E-state index contributed by atoms with van der Waals surface area (Å²) >= 11 is 6.91. The van der Waals surface area contributed by atoms with Gasteiger partial charge in [0.25, 0.3) is 0 Å². The molecule has 0 aliphatic carbocycles. The van der Waals surface area contributed by atoms with Gasteiger partial charge in [-0.25, -0.2) is 0 Å². The summed E-state index contributed by atoms with van der Waals surface area (Å²) in [6, 6.07) is 4.13. The topological polar surface area (TPSA) is 9.23 Å². The minimum Gasteiger partial charge on any atom is -0.490 e. The Morgan fingerprint density at radius 2 is 2.00 bits per heavy atom. The summed E-state index contributed by atoms with van der Waals surface area (Å²) in [6.07, 6.45) is 1.34. The first-order chi connectivity index (χ1) is 5.66. The van der Waals surface area contributed by atoms with E-state index in [0.29, 0.717) is 6.10 Å². The lowest BCUT2D eigenvalue weighted by Crippen LogP contribution is -2.05. The van der Waals surface area contributed by atoms with Crippen LogP contribution in [0.2, 0.25) is 0 Å². The molecule has 1 aliphatic heterocycles. The van der Waals surface area contributed by atoms with E-state index in [0.717, 1.165) is 21.1 Å². The molecule has 1 atom stereocenters.